The van der Waals surface area contributed by atoms with Crippen molar-refractivity contribution < 1.29 is 4.79 Å². The maximum Gasteiger partial charge on any atom is 0.270 e. The highest BCUT2D eigenvalue weighted by Gasteiger charge is 2.08. The smallest absolute Gasteiger partial charge is 0.270 e. The fraction of sp³-hybridized carbons (Fsp3) is 0.0476. The van der Waals surface area contributed by atoms with Gasteiger partial charge in [-0.3, -0.25) is 9.78 Å². The summed E-state index contributed by atoms with van der Waals surface area (Å²) < 4.78 is 0. The Morgan fingerprint density at radius 1 is 1.00 bits per heavy atom. The average molecular weight is 390 g/mol. The van der Waals surface area contributed by atoms with Crippen molar-refractivity contribution in [2.45, 2.75) is 6.54 Å². The van der Waals surface area contributed by atoms with Crippen LogP contribution in [0.5, 0.6) is 0 Å². The van der Waals surface area contributed by atoms with Gasteiger partial charge in [-0.25, -0.2) is 9.97 Å². The van der Waals surface area contributed by atoms with E-state index in [4.69, 9.17) is 11.6 Å². The van der Waals surface area contributed by atoms with Crippen LogP contribution in [0.25, 0.3) is 10.8 Å². The first-order valence-corrected chi connectivity index (χ1v) is 9.01. The summed E-state index contributed by atoms with van der Waals surface area (Å²) in [6.07, 6.45) is 6.73. The molecule has 28 heavy (non-hydrogen) atoms. The number of amides is 1. The van der Waals surface area contributed by atoms with Crippen LogP contribution in [-0.2, 0) is 6.54 Å². The molecule has 0 radical (unpaired) electrons. The number of nitrogens with one attached hydrogen (secondary N) is 2. The van der Waals surface area contributed by atoms with E-state index < -0.39 is 0 Å². The third-order valence-corrected chi connectivity index (χ3v) is 4.40. The lowest BCUT2D eigenvalue weighted by molar-refractivity contribution is 0.0946. The Hall–Kier alpha value is -3.51. The molecule has 0 fully saturated rings. The molecule has 0 aliphatic rings. The minimum absolute atomic E-state index is 0.245. The van der Waals surface area contributed by atoms with Crippen molar-refractivity contribution in [1.82, 2.24) is 20.3 Å². The number of carbonyl (C=O) groups excluding carboxylic acids is 1. The lowest BCUT2D eigenvalue weighted by Gasteiger charge is -2.09. The van der Waals surface area contributed by atoms with Crippen LogP contribution in [0.4, 0.5) is 11.5 Å². The van der Waals surface area contributed by atoms with Crippen molar-refractivity contribution in [2.75, 3.05) is 5.32 Å². The molecule has 0 aliphatic carbocycles. The predicted octanol–water partition coefficient (Wildman–Crippen LogP) is 4.35. The highest BCUT2D eigenvalue weighted by molar-refractivity contribution is 6.31. The fourth-order valence-corrected chi connectivity index (χ4v) is 2.93. The van der Waals surface area contributed by atoms with Crippen LogP contribution in [-0.4, -0.2) is 20.9 Å². The zero-order valence-electron chi connectivity index (χ0n) is 14.8. The summed E-state index contributed by atoms with van der Waals surface area (Å²) in [6.45, 7) is 0.398. The summed E-state index contributed by atoms with van der Waals surface area (Å²) >= 11 is 6.11. The number of benzene rings is 1. The van der Waals surface area contributed by atoms with E-state index in [1.54, 1.807) is 36.9 Å². The van der Waals surface area contributed by atoms with Gasteiger partial charge < -0.3 is 10.6 Å². The molecule has 4 aromatic rings. The van der Waals surface area contributed by atoms with Gasteiger partial charge in [-0.1, -0.05) is 23.7 Å². The fourth-order valence-electron chi connectivity index (χ4n) is 2.75. The molecule has 7 heteroatoms. The molecular formula is C21H16ClN5O. The molecular weight excluding hydrogens is 374 g/mol. The minimum atomic E-state index is -0.245. The maximum atomic E-state index is 12.3. The molecule has 138 valence electrons. The van der Waals surface area contributed by atoms with Crippen LogP contribution < -0.4 is 10.6 Å². The molecule has 2 N–H and O–H groups in total. The number of rotatable bonds is 5. The number of nitrogens with zero attached hydrogens (tertiary/aromatic N) is 3. The first kappa shape index (κ1) is 17.9. The molecule has 0 spiro atoms. The van der Waals surface area contributed by atoms with Crippen molar-refractivity contribution in [1.29, 1.82) is 0 Å². The van der Waals surface area contributed by atoms with Gasteiger partial charge in [0.05, 0.1) is 11.9 Å². The molecule has 1 amide bonds. The van der Waals surface area contributed by atoms with E-state index in [1.807, 2.05) is 36.4 Å². The number of aromatic nitrogens is 3. The molecule has 4 rings (SSSR count). The summed E-state index contributed by atoms with van der Waals surface area (Å²) in [4.78, 5) is 24.9. The van der Waals surface area contributed by atoms with Crippen LogP contribution >= 0.6 is 11.6 Å². The highest BCUT2D eigenvalue weighted by Crippen LogP contribution is 2.26. The summed E-state index contributed by atoms with van der Waals surface area (Å²) in [5, 5.41) is 8.63. The van der Waals surface area contributed by atoms with E-state index in [1.165, 1.54) is 0 Å². The zero-order chi connectivity index (χ0) is 19.3. The Morgan fingerprint density at radius 2 is 1.93 bits per heavy atom. The van der Waals surface area contributed by atoms with Gasteiger partial charge in [0.25, 0.3) is 5.91 Å². The van der Waals surface area contributed by atoms with Crippen LogP contribution in [0.2, 0.25) is 5.02 Å². The van der Waals surface area contributed by atoms with Crippen molar-refractivity contribution in [3.63, 3.8) is 0 Å². The first-order valence-electron chi connectivity index (χ1n) is 8.63. The first-order chi connectivity index (χ1) is 13.7. The van der Waals surface area contributed by atoms with Gasteiger partial charge in [-0.05, 0) is 47.3 Å². The number of hydrogen-bond donors (Lipinski definition) is 2. The summed E-state index contributed by atoms with van der Waals surface area (Å²) in [5.41, 5.74) is 1.99. The van der Waals surface area contributed by atoms with Crippen molar-refractivity contribution in [3.8, 4) is 0 Å². The van der Waals surface area contributed by atoms with Gasteiger partial charge in [0.1, 0.15) is 11.5 Å². The largest absolute Gasteiger partial charge is 0.347 e. The maximum absolute atomic E-state index is 12.3. The lowest BCUT2D eigenvalue weighted by atomic mass is 10.1. The average Bonchev–Trinajstić information content (AvgIpc) is 2.74. The van der Waals surface area contributed by atoms with E-state index in [0.29, 0.717) is 23.1 Å². The van der Waals surface area contributed by atoms with Gasteiger partial charge in [0.2, 0.25) is 0 Å². The zero-order valence-corrected chi connectivity index (χ0v) is 15.5. The molecule has 0 aliphatic heterocycles. The van der Waals surface area contributed by atoms with Crippen LogP contribution in [0.15, 0.2) is 73.3 Å². The molecule has 6 nitrogen and oxygen atoms in total. The summed E-state index contributed by atoms with van der Waals surface area (Å²) in [5.74, 6) is 0.432. The second-order valence-electron chi connectivity index (χ2n) is 6.13. The second kappa shape index (κ2) is 8.02. The normalized spacial score (nSPS) is 10.6. The van der Waals surface area contributed by atoms with Crippen molar-refractivity contribution >= 4 is 39.8 Å². The van der Waals surface area contributed by atoms with Gasteiger partial charge in [-0.2, -0.15) is 0 Å². The Balaban J connectivity index is 1.46. The molecule has 0 atom stereocenters. The number of hydrogen-bond acceptors (Lipinski definition) is 5. The lowest BCUT2D eigenvalue weighted by Crippen LogP contribution is -2.23. The Morgan fingerprint density at radius 3 is 2.71 bits per heavy atom. The topological polar surface area (TPSA) is 79.8 Å². The van der Waals surface area contributed by atoms with Crippen molar-refractivity contribution in [3.05, 3.63) is 89.6 Å². The van der Waals surface area contributed by atoms with E-state index in [9.17, 15) is 4.79 Å². The van der Waals surface area contributed by atoms with Crippen molar-refractivity contribution in [2.24, 2.45) is 0 Å². The molecule has 0 unspecified atom stereocenters. The highest BCUT2D eigenvalue weighted by atomic mass is 35.5. The Bertz CT molecular complexity index is 1120. The van der Waals surface area contributed by atoms with Crippen LogP contribution in [0.1, 0.15) is 16.1 Å². The molecule has 0 bridgehead atoms. The summed E-state index contributed by atoms with van der Waals surface area (Å²) in [7, 11) is 0. The molecule has 0 saturated carbocycles. The monoisotopic (exact) mass is 389 g/mol. The van der Waals surface area contributed by atoms with Gasteiger partial charge >= 0.3 is 0 Å². The standard InChI is InChI=1S/C21H16ClN5O/c22-16-4-3-15-7-9-24-20(18(15)10-16)27-17-5-6-19(25-13-17)21(28)26-12-14-2-1-8-23-11-14/h1-11,13H,12H2,(H,24,27)(H,26,28). The number of pyridine rings is 3. The van der Waals surface area contributed by atoms with Crippen LogP contribution in [0.3, 0.4) is 0 Å². The Labute approximate surface area is 166 Å². The third-order valence-electron chi connectivity index (χ3n) is 4.16. The molecule has 0 saturated heterocycles. The molecule has 1 aromatic carbocycles. The van der Waals surface area contributed by atoms with Gasteiger partial charge in [-0.15, -0.1) is 0 Å². The third kappa shape index (κ3) is 4.07. The van der Waals surface area contributed by atoms with Crippen LogP contribution in [0, 0.1) is 0 Å². The predicted molar refractivity (Wildman–Crippen MR) is 110 cm³/mol. The summed E-state index contributed by atoms with van der Waals surface area (Å²) in [6, 6.07) is 14.7. The van der Waals surface area contributed by atoms with E-state index in [-0.39, 0.29) is 5.91 Å². The number of halogens is 1. The van der Waals surface area contributed by atoms with E-state index in [2.05, 4.69) is 25.6 Å². The van der Waals surface area contributed by atoms with Gasteiger partial charge in [0.15, 0.2) is 0 Å². The number of anilines is 2. The Kier molecular flexibility index (Phi) is 5.12. The molecule has 3 heterocycles. The number of carbonyl (C=O) groups is 1. The van der Waals surface area contributed by atoms with Gasteiger partial charge in [0, 0.05) is 35.5 Å². The SMILES string of the molecule is O=C(NCc1cccnc1)c1ccc(Nc2nccc3ccc(Cl)cc23)cn1. The quantitative estimate of drug-likeness (QED) is 0.530. The number of fused-ring (bicyclic) bond motifs is 1. The van der Waals surface area contributed by atoms with E-state index in [0.717, 1.165) is 22.0 Å². The minimum Gasteiger partial charge on any atom is -0.347 e. The van der Waals surface area contributed by atoms with E-state index >= 15 is 0 Å². The second-order valence-corrected chi connectivity index (χ2v) is 6.56. The molecule has 3 aromatic heterocycles.